The molecule has 0 saturated carbocycles. The molecule has 1 saturated heterocycles. The minimum Gasteiger partial charge on any atom is -0.325 e. The van der Waals surface area contributed by atoms with E-state index < -0.39 is 0 Å². The summed E-state index contributed by atoms with van der Waals surface area (Å²) < 4.78 is 1.73. The van der Waals surface area contributed by atoms with E-state index in [1.54, 1.807) is 16.7 Å². The van der Waals surface area contributed by atoms with Crippen molar-refractivity contribution in [2.75, 3.05) is 19.6 Å². The van der Waals surface area contributed by atoms with Crippen molar-refractivity contribution in [3.63, 3.8) is 0 Å². The fraction of sp³-hybridized carbons (Fsp3) is 0.500. The maximum absolute atomic E-state index is 11.3. The van der Waals surface area contributed by atoms with Gasteiger partial charge < -0.3 is 10.3 Å². The summed E-state index contributed by atoms with van der Waals surface area (Å²) in [7, 11) is 0. The van der Waals surface area contributed by atoms with E-state index in [4.69, 9.17) is 5.73 Å². The van der Waals surface area contributed by atoms with Gasteiger partial charge in [0.05, 0.1) is 0 Å². The molecule has 14 heavy (non-hydrogen) atoms. The maximum atomic E-state index is 11.3. The molecular formula is C10H15N3O. The fourth-order valence-corrected chi connectivity index (χ4v) is 1.69. The zero-order valence-electron chi connectivity index (χ0n) is 8.10. The molecule has 2 N–H and O–H groups in total. The summed E-state index contributed by atoms with van der Waals surface area (Å²) in [4.78, 5) is 13.6. The van der Waals surface area contributed by atoms with Crippen LogP contribution in [0.4, 0.5) is 0 Å². The molecule has 1 aromatic heterocycles. The Kier molecular flexibility index (Phi) is 2.65. The van der Waals surface area contributed by atoms with Gasteiger partial charge in [-0.1, -0.05) is 6.07 Å². The van der Waals surface area contributed by atoms with E-state index in [0.29, 0.717) is 6.04 Å². The first-order valence-corrected chi connectivity index (χ1v) is 4.89. The average molecular weight is 193 g/mol. The topological polar surface area (TPSA) is 51.3 Å². The van der Waals surface area contributed by atoms with Gasteiger partial charge in [-0.15, -0.1) is 0 Å². The van der Waals surface area contributed by atoms with Crippen molar-refractivity contribution in [2.45, 2.75) is 12.6 Å². The minimum absolute atomic E-state index is 0.0670. The molecule has 0 atom stereocenters. The lowest BCUT2D eigenvalue weighted by Crippen LogP contribution is -2.56. The molecule has 4 heteroatoms. The van der Waals surface area contributed by atoms with Gasteiger partial charge in [0.2, 0.25) is 0 Å². The van der Waals surface area contributed by atoms with E-state index in [1.165, 1.54) is 0 Å². The summed E-state index contributed by atoms with van der Waals surface area (Å²) in [5.74, 6) is 0. The molecule has 0 spiro atoms. The Morgan fingerprint density at radius 3 is 2.79 bits per heavy atom. The third-order valence-electron chi connectivity index (χ3n) is 2.54. The van der Waals surface area contributed by atoms with Crippen LogP contribution < -0.4 is 11.3 Å². The Balaban J connectivity index is 1.86. The summed E-state index contributed by atoms with van der Waals surface area (Å²) in [5.41, 5.74) is 5.72. The van der Waals surface area contributed by atoms with Crippen LogP contribution in [-0.4, -0.2) is 35.1 Å². The lowest BCUT2D eigenvalue weighted by Gasteiger charge is -2.36. The standard InChI is InChI=1S/C10H15N3O/c11-9-7-12(8-9)5-6-13-4-2-1-3-10(13)14/h1-4,9H,5-8,11H2. The second-order valence-corrected chi connectivity index (χ2v) is 3.75. The number of pyridine rings is 1. The SMILES string of the molecule is NC1CN(CCn2ccccc2=O)C1. The van der Waals surface area contributed by atoms with Gasteiger partial charge in [0, 0.05) is 44.5 Å². The molecule has 1 aliphatic heterocycles. The molecule has 76 valence electrons. The van der Waals surface area contributed by atoms with E-state index >= 15 is 0 Å². The molecular weight excluding hydrogens is 178 g/mol. The Morgan fingerprint density at radius 1 is 1.36 bits per heavy atom. The van der Waals surface area contributed by atoms with Gasteiger partial charge in [-0.2, -0.15) is 0 Å². The largest absolute Gasteiger partial charge is 0.325 e. The lowest BCUT2D eigenvalue weighted by molar-refractivity contribution is 0.145. The second kappa shape index (κ2) is 3.94. The molecule has 1 aliphatic rings. The number of hydrogen-bond acceptors (Lipinski definition) is 3. The average Bonchev–Trinajstić information content (AvgIpc) is 2.13. The summed E-state index contributed by atoms with van der Waals surface area (Å²) in [6, 6.07) is 5.56. The Labute approximate surface area is 82.9 Å². The number of nitrogens with two attached hydrogens (primary N) is 1. The zero-order chi connectivity index (χ0) is 9.97. The van der Waals surface area contributed by atoms with E-state index in [1.807, 2.05) is 12.3 Å². The highest BCUT2D eigenvalue weighted by Gasteiger charge is 2.21. The van der Waals surface area contributed by atoms with Crippen molar-refractivity contribution in [3.8, 4) is 0 Å². The van der Waals surface area contributed by atoms with Crippen LogP contribution in [-0.2, 0) is 6.54 Å². The number of nitrogens with zero attached hydrogens (tertiary/aromatic N) is 2. The van der Waals surface area contributed by atoms with E-state index in [2.05, 4.69) is 4.90 Å². The van der Waals surface area contributed by atoms with Crippen molar-refractivity contribution in [3.05, 3.63) is 34.7 Å². The van der Waals surface area contributed by atoms with Crippen LogP contribution in [0.2, 0.25) is 0 Å². The molecule has 1 fully saturated rings. The van der Waals surface area contributed by atoms with Crippen molar-refractivity contribution < 1.29 is 0 Å². The quantitative estimate of drug-likeness (QED) is 0.703. The van der Waals surface area contributed by atoms with Gasteiger partial charge in [0.25, 0.3) is 5.56 Å². The van der Waals surface area contributed by atoms with Crippen LogP contribution in [0, 0.1) is 0 Å². The van der Waals surface area contributed by atoms with Crippen molar-refractivity contribution >= 4 is 0 Å². The first kappa shape index (κ1) is 9.43. The first-order chi connectivity index (χ1) is 6.75. The number of aromatic nitrogens is 1. The first-order valence-electron chi connectivity index (χ1n) is 4.89. The highest BCUT2D eigenvalue weighted by atomic mass is 16.1. The molecule has 0 aromatic carbocycles. The van der Waals surface area contributed by atoms with Gasteiger partial charge in [0.1, 0.15) is 0 Å². The monoisotopic (exact) mass is 193 g/mol. The summed E-state index contributed by atoms with van der Waals surface area (Å²) in [6.07, 6.45) is 1.82. The smallest absolute Gasteiger partial charge is 0.250 e. The van der Waals surface area contributed by atoms with Crippen molar-refractivity contribution in [1.82, 2.24) is 9.47 Å². The summed E-state index contributed by atoms with van der Waals surface area (Å²) >= 11 is 0. The Bertz CT molecular complexity index is 354. The molecule has 0 bridgehead atoms. The minimum atomic E-state index is 0.0670. The molecule has 2 rings (SSSR count). The third kappa shape index (κ3) is 2.02. The Hall–Kier alpha value is -1.13. The van der Waals surface area contributed by atoms with Crippen LogP contribution in [0.5, 0.6) is 0 Å². The molecule has 0 radical (unpaired) electrons. The highest BCUT2D eigenvalue weighted by Crippen LogP contribution is 2.03. The summed E-state index contributed by atoms with van der Waals surface area (Å²) in [5, 5.41) is 0. The second-order valence-electron chi connectivity index (χ2n) is 3.75. The van der Waals surface area contributed by atoms with Crippen molar-refractivity contribution in [2.24, 2.45) is 5.73 Å². The van der Waals surface area contributed by atoms with E-state index in [-0.39, 0.29) is 5.56 Å². The Morgan fingerprint density at radius 2 is 2.14 bits per heavy atom. The van der Waals surface area contributed by atoms with Gasteiger partial charge >= 0.3 is 0 Å². The number of rotatable bonds is 3. The molecule has 0 aliphatic carbocycles. The van der Waals surface area contributed by atoms with Crippen LogP contribution in [0.3, 0.4) is 0 Å². The highest BCUT2D eigenvalue weighted by molar-refractivity contribution is 4.93. The van der Waals surface area contributed by atoms with E-state index in [9.17, 15) is 4.79 Å². The van der Waals surface area contributed by atoms with Gasteiger partial charge in [0.15, 0.2) is 0 Å². The third-order valence-corrected chi connectivity index (χ3v) is 2.54. The maximum Gasteiger partial charge on any atom is 0.250 e. The zero-order valence-corrected chi connectivity index (χ0v) is 8.10. The van der Waals surface area contributed by atoms with Crippen LogP contribution in [0.1, 0.15) is 0 Å². The van der Waals surface area contributed by atoms with Crippen LogP contribution in [0.15, 0.2) is 29.2 Å². The molecule has 1 aromatic rings. The van der Waals surface area contributed by atoms with Crippen LogP contribution in [0.25, 0.3) is 0 Å². The van der Waals surface area contributed by atoms with Gasteiger partial charge in [-0.05, 0) is 6.07 Å². The number of likely N-dealkylation sites (tertiary alicyclic amines) is 1. The van der Waals surface area contributed by atoms with Gasteiger partial charge in [-0.3, -0.25) is 9.69 Å². The van der Waals surface area contributed by atoms with Gasteiger partial charge in [-0.25, -0.2) is 0 Å². The fourth-order valence-electron chi connectivity index (χ4n) is 1.69. The number of hydrogen-bond donors (Lipinski definition) is 1. The summed E-state index contributed by atoms with van der Waals surface area (Å²) in [6.45, 7) is 3.59. The van der Waals surface area contributed by atoms with Crippen LogP contribution >= 0.6 is 0 Å². The molecule has 0 unspecified atom stereocenters. The van der Waals surface area contributed by atoms with E-state index in [0.717, 1.165) is 26.2 Å². The van der Waals surface area contributed by atoms with Crippen molar-refractivity contribution in [1.29, 1.82) is 0 Å². The molecule has 4 nitrogen and oxygen atoms in total. The normalized spacial score (nSPS) is 18.1. The molecule has 0 amide bonds. The lowest BCUT2D eigenvalue weighted by atomic mass is 10.1. The predicted octanol–water partition coefficient (Wildman–Crippen LogP) is -0.509. The molecule has 2 heterocycles. The predicted molar refractivity (Wildman–Crippen MR) is 55.1 cm³/mol.